The molecule has 3 aromatic rings. The molecule has 2 atom stereocenters. The molecule has 1 heterocycles. The van der Waals surface area contributed by atoms with Crippen molar-refractivity contribution in [3.63, 3.8) is 0 Å². The number of benzene rings is 3. The van der Waals surface area contributed by atoms with E-state index in [0.29, 0.717) is 17.4 Å². The second-order valence-corrected chi connectivity index (χ2v) is 9.86. The highest BCUT2D eigenvalue weighted by atomic mass is 16.7. The fourth-order valence-corrected chi connectivity index (χ4v) is 6.14. The van der Waals surface area contributed by atoms with Gasteiger partial charge in [-0.2, -0.15) is 0 Å². The Balaban J connectivity index is 1.41. The van der Waals surface area contributed by atoms with Crippen molar-refractivity contribution in [1.82, 2.24) is 0 Å². The van der Waals surface area contributed by atoms with Crippen molar-refractivity contribution in [3.05, 3.63) is 89.0 Å². The lowest BCUT2D eigenvalue weighted by atomic mass is 9.69. The third-order valence-corrected chi connectivity index (χ3v) is 7.89. The number of piperidine rings is 1. The van der Waals surface area contributed by atoms with E-state index in [0.717, 1.165) is 44.3 Å². The van der Waals surface area contributed by atoms with Crippen LogP contribution in [0.2, 0.25) is 0 Å². The number of aromatic hydroxyl groups is 2. The summed E-state index contributed by atoms with van der Waals surface area (Å²) in [5, 5.41) is 20.2. The quantitative estimate of drug-likeness (QED) is 0.444. The van der Waals surface area contributed by atoms with Gasteiger partial charge in [0.1, 0.15) is 11.5 Å². The summed E-state index contributed by atoms with van der Waals surface area (Å²) in [6.07, 6.45) is 3.86. The van der Waals surface area contributed by atoms with E-state index in [4.69, 9.17) is 9.47 Å². The van der Waals surface area contributed by atoms with Gasteiger partial charge in [0.05, 0.1) is 0 Å². The van der Waals surface area contributed by atoms with Crippen molar-refractivity contribution in [2.75, 3.05) is 32.2 Å². The number of aryl methyl sites for hydroxylation is 1. The van der Waals surface area contributed by atoms with Gasteiger partial charge < -0.3 is 24.6 Å². The smallest absolute Gasteiger partial charge is 0.159 e. The number of fused-ring (bicyclic) bond motifs is 1. The van der Waals surface area contributed by atoms with Gasteiger partial charge in [-0.1, -0.05) is 30.3 Å². The molecule has 1 fully saturated rings. The van der Waals surface area contributed by atoms with Crippen molar-refractivity contribution in [3.8, 4) is 11.5 Å². The number of ether oxygens (including phenoxy) is 2. The predicted octanol–water partition coefficient (Wildman–Crippen LogP) is 5.80. The van der Waals surface area contributed by atoms with Crippen LogP contribution >= 0.6 is 0 Å². The zero-order chi connectivity index (χ0) is 24.4. The maximum atomic E-state index is 10.1. The summed E-state index contributed by atoms with van der Waals surface area (Å²) in [7, 11) is 3.43. The Morgan fingerprint density at radius 3 is 2.20 bits per heavy atom. The highest BCUT2D eigenvalue weighted by Gasteiger charge is 2.33. The Morgan fingerprint density at radius 2 is 1.51 bits per heavy atom. The van der Waals surface area contributed by atoms with Gasteiger partial charge in [0, 0.05) is 44.8 Å². The molecule has 1 aliphatic carbocycles. The van der Waals surface area contributed by atoms with E-state index >= 15 is 0 Å². The van der Waals surface area contributed by atoms with Crippen LogP contribution in [0, 0.1) is 5.92 Å². The number of methoxy groups -OCH3 is 2. The molecule has 0 amide bonds. The molecule has 0 spiro atoms. The highest BCUT2D eigenvalue weighted by Crippen LogP contribution is 2.47. The number of rotatable bonds is 6. The number of hydrogen-bond acceptors (Lipinski definition) is 5. The molecule has 0 saturated carbocycles. The summed E-state index contributed by atoms with van der Waals surface area (Å²) < 4.78 is 11.0. The lowest BCUT2D eigenvalue weighted by molar-refractivity contribution is -0.141. The van der Waals surface area contributed by atoms with Crippen LogP contribution in [-0.4, -0.2) is 43.8 Å². The molecule has 5 rings (SSSR count). The lowest BCUT2D eigenvalue weighted by Crippen LogP contribution is -2.39. The van der Waals surface area contributed by atoms with Crippen LogP contribution in [0.3, 0.4) is 0 Å². The third-order valence-electron chi connectivity index (χ3n) is 7.89. The van der Waals surface area contributed by atoms with Gasteiger partial charge in [-0.25, -0.2) is 0 Å². The standard InChI is InChI=1S/C30H35NO4/c1-34-30(35-2)21-14-16-31(17-15-21)24-9-6-20(7-10-24)29-27(22-4-3-5-25(32)18-22)12-8-23-19-26(33)11-13-28(23)29/h3-7,9-11,13,18-19,21,27,29-30,32-33H,8,12,14-17H2,1-2H3. The van der Waals surface area contributed by atoms with Gasteiger partial charge in [0.25, 0.3) is 0 Å². The molecule has 3 aromatic carbocycles. The first kappa shape index (κ1) is 23.7. The molecule has 184 valence electrons. The largest absolute Gasteiger partial charge is 0.508 e. The first-order chi connectivity index (χ1) is 17.1. The SMILES string of the molecule is COC(OC)C1CCN(c2ccc(C3c4ccc(O)cc4CCC3c3cccc(O)c3)cc2)CC1. The summed E-state index contributed by atoms with van der Waals surface area (Å²) in [6.45, 7) is 1.98. The number of anilines is 1. The minimum Gasteiger partial charge on any atom is -0.508 e. The van der Waals surface area contributed by atoms with E-state index in [2.05, 4.69) is 41.3 Å². The molecular weight excluding hydrogens is 438 g/mol. The molecule has 35 heavy (non-hydrogen) atoms. The molecular formula is C30H35NO4. The van der Waals surface area contributed by atoms with Gasteiger partial charge >= 0.3 is 0 Å². The third kappa shape index (κ3) is 4.89. The molecule has 0 aromatic heterocycles. The maximum absolute atomic E-state index is 10.1. The fourth-order valence-electron chi connectivity index (χ4n) is 6.14. The lowest BCUT2D eigenvalue weighted by Gasteiger charge is -2.37. The van der Waals surface area contributed by atoms with Crippen LogP contribution in [0.25, 0.3) is 0 Å². The number of nitrogens with zero attached hydrogens (tertiary/aromatic N) is 1. The van der Waals surface area contributed by atoms with Crippen LogP contribution in [0.4, 0.5) is 5.69 Å². The van der Waals surface area contributed by atoms with E-state index < -0.39 is 0 Å². The number of phenols is 2. The van der Waals surface area contributed by atoms with Gasteiger partial charge in [-0.3, -0.25) is 0 Å². The Labute approximate surface area is 207 Å². The van der Waals surface area contributed by atoms with E-state index in [1.165, 1.54) is 22.4 Å². The average molecular weight is 474 g/mol. The molecule has 5 heteroatoms. The van der Waals surface area contributed by atoms with Crippen LogP contribution in [-0.2, 0) is 15.9 Å². The number of phenolic OH excluding ortho intramolecular Hbond substituents is 2. The Kier molecular flexibility index (Phi) is 6.98. The van der Waals surface area contributed by atoms with Crippen LogP contribution in [0.5, 0.6) is 11.5 Å². The Morgan fingerprint density at radius 1 is 0.800 bits per heavy atom. The number of hydrogen-bond donors (Lipinski definition) is 2. The molecule has 1 saturated heterocycles. The van der Waals surface area contributed by atoms with Crippen LogP contribution < -0.4 is 4.90 Å². The van der Waals surface area contributed by atoms with Gasteiger partial charge in [-0.15, -0.1) is 0 Å². The zero-order valence-corrected chi connectivity index (χ0v) is 20.6. The van der Waals surface area contributed by atoms with Crippen LogP contribution in [0.1, 0.15) is 53.4 Å². The first-order valence-electron chi connectivity index (χ1n) is 12.6. The molecule has 2 unspecified atom stereocenters. The predicted molar refractivity (Wildman–Crippen MR) is 138 cm³/mol. The molecule has 1 aliphatic heterocycles. The topological polar surface area (TPSA) is 62.2 Å². The second-order valence-electron chi connectivity index (χ2n) is 9.86. The molecule has 2 N–H and O–H groups in total. The van der Waals surface area contributed by atoms with Crippen LogP contribution in [0.15, 0.2) is 66.7 Å². The van der Waals surface area contributed by atoms with Crippen molar-refractivity contribution >= 4 is 5.69 Å². The Bertz CT molecular complexity index is 1130. The summed E-state index contributed by atoms with van der Waals surface area (Å²) in [4.78, 5) is 2.45. The second kappa shape index (κ2) is 10.3. The highest BCUT2D eigenvalue weighted by molar-refractivity contribution is 5.53. The van der Waals surface area contributed by atoms with Gasteiger partial charge in [0.2, 0.25) is 0 Å². The normalized spacial score (nSPS) is 20.7. The monoisotopic (exact) mass is 473 g/mol. The summed E-state index contributed by atoms with van der Waals surface area (Å²) >= 11 is 0. The van der Waals surface area contributed by atoms with Crippen molar-refractivity contribution in [2.45, 2.75) is 43.8 Å². The van der Waals surface area contributed by atoms with E-state index in [1.807, 2.05) is 18.2 Å². The van der Waals surface area contributed by atoms with Crippen molar-refractivity contribution in [1.29, 1.82) is 0 Å². The van der Waals surface area contributed by atoms with E-state index in [-0.39, 0.29) is 18.1 Å². The Hall–Kier alpha value is -3.02. The summed E-state index contributed by atoms with van der Waals surface area (Å²) in [6, 6.07) is 22.5. The fraction of sp³-hybridized carbons (Fsp3) is 0.400. The van der Waals surface area contributed by atoms with Gasteiger partial charge in [0.15, 0.2) is 6.29 Å². The van der Waals surface area contributed by atoms with E-state index in [1.54, 1.807) is 26.4 Å². The molecule has 2 aliphatic rings. The van der Waals surface area contributed by atoms with Crippen molar-refractivity contribution in [2.24, 2.45) is 5.92 Å². The maximum Gasteiger partial charge on any atom is 0.159 e. The minimum atomic E-state index is -0.125. The zero-order valence-electron chi connectivity index (χ0n) is 20.6. The van der Waals surface area contributed by atoms with Crippen molar-refractivity contribution < 1.29 is 19.7 Å². The average Bonchev–Trinajstić information content (AvgIpc) is 2.89. The summed E-state index contributed by atoms with van der Waals surface area (Å²) in [5.41, 5.74) is 6.15. The minimum absolute atomic E-state index is 0.125. The van der Waals surface area contributed by atoms with Gasteiger partial charge in [-0.05, 0) is 90.3 Å². The molecule has 5 nitrogen and oxygen atoms in total. The molecule has 0 bridgehead atoms. The van der Waals surface area contributed by atoms with E-state index in [9.17, 15) is 10.2 Å². The first-order valence-corrected chi connectivity index (χ1v) is 12.6. The summed E-state index contributed by atoms with van der Waals surface area (Å²) in [5.74, 6) is 1.49. The molecule has 0 radical (unpaired) electrons.